The number of furan rings is 1. The number of ether oxygens (including phenoxy) is 1. The predicted octanol–water partition coefficient (Wildman–Crippen LogP) is 3.04. The summed E-state index contributed by atoms with van der Waals surface area (Å²) in [5.74, 6) is 2.01. The van der Waals surface area contributed by atoms with Gasteiger partial charge in [0, 0.05) is 19.3 Å². The van der Waals surface area contributed by atoms with Gasteiger partial charge in [0.2, 0.25) is 5.88 Å². The van der Waals surface area contributed by atoms with Crippen LogP contribution in [0.2, 0.25) is 0 Å². The Bertz CT molecular complexity index is 602. The molecule has 2 rings (SSSR count). The first kappa shape index (κ1) is 15.1. The van der Waals surface area contributed by atoms with Gasteiger partial charge in [0.05, 0.1) is 18.2 Å². The van der Waals surface area contributed by atoms with Crippen LogP contribution in [0.15, 0.2) is 34.9 Å². The number of amides is 1. The first-order valence-electron chi connectivity index (χ1n) is 6.89. The van der Waals surface area contributed by atoms with Crippen molar-refractivity contribution in [2.24, 2.45) is 0 Å². The van der Waals surface area contributed by atoms with Crippen molar-refractivity contribution < 1.29 is 13.9 Å². The molecule has 0 saturated heterocycles. The van der Waals surface area contributed by atoms with Gasteiger partial charge in [-0.2, -0.15) is 0 Å². The summed E-state index contributed by atoms with van der Waals surface area (Å²) in [5.41, 5.74) is 0.525. The lowest BCUT2D eigenvalue weighted by atomic mass is 10.2. The maximum absolute atomic E-state index is 12.3. The summed E-state index contributed by atoms with van der Waals surface area (Å²) < 4.78 is 10.9. The second-order valence-corrected chi connectivity index (χ2v) is 5.23. The Morgan fingerprint density at radius 2 is 2.10 bits per heavy atom. The van der Waals surface area contributed by atoms with Crippen molar-refractivity contribution in [2.45, 2.75) is 33.4 Å². The SMILES string of the molecule is Cc1ccc(CN(C)C(=O)c2ccc(OC(C)C)nc2)o1. The van der Waals surface area contributed by atoms with Gasteiger partial charge in [-0.3, -0.25) is 4.79 Å². The van der Waals surface area contributed by atoms with Crippen LogP contribution < -0.4 is 4.74 Å². The van der Waals surface area contributed by atoms with Crippen molar-refractivity contribution >= 4 is 5.91 Å². The Balaban J connectivity index is 2.01. The minimum Gasteiger partial charge on any atom is -0.475 e. The van der Waals surface area contributed by atoms with E-state index in [2.05, 4.69) is 4.98 Å². The van der Waals surface area contributed by atoms with E-state index in [0.717, 1.165) is 11.5 Å². The largest absolute Gasteiger partial charge is 0.475 e. The van der Waals surface area contributed by atoms with Crippen LogP contribution in [-0.4, -0.2) is 28.9 Å². The smallest absolute Gasteiger partial charge is 0.255 e. The van der Waals surface area contributed by atoms with E-state index >= 15 is 0 Å². The molecule has 2 aromatic heterocycles. The Labute approximate surface area is 124 Å². The van der Waals surface area contributed by atoms with E-state index in [9.17, 15) is 4.79 Å². The molecular formula is C16H20N2O3. The number of aryl methyl sites for hydroxylation is 1. The van der Waals surface area contributed by atoms with E-state index in [1.165, 1.54) is 6.20 Å². The van der Waals surface area contributed by atoms with E-state index in [1.807, 2.05) is 32.9 Å². The van der Waals surface area contributed by atoms with Crippen LogP contribution in [0.3, 0.4) is 0 Å². The lowest BCUT2D eigenvalue weighted by Gasteiger charge is -2.16. The molecule has 0 unspecified atom stereocenters. The fourth-order valence-corrected chi connectivity index (χ4v) is 1.91. The number of carbonyl (C=O) groups is 1. The van der Waals surface area contributed by atoms with Crippen molar-refractivity contribution in [1.29, 1.82) is 0 Å². The molecule has 0 atom stereocenters. The molecule has 0 spiro atoms. The van der Waals surface area contributed by atoms with Crippen molar-refractivity contribution in [1.82, 2.24) is 9.88 Å². The van der Waals surface area contributed by atoms with Crippen molar-refractivity contribution in [3.63, 3.8) is 0 Å². The van der Waals surface area contributed by atoms with Crippen LogP contribution in [0, 0.1) is 6.92 Å². The Morgan fingerprint density at radius 3 is 2.62 bits per heavy atom. The topological polar surface area (TPSA) is 55.6 Å². The van der Waals surface area contributed by atoms with Crippen LogP contribution in [0.1, 0.15) is 35.7 Å². The summed E-state index contributed by atoms with van der Waals surface area (Å²) in [6.45, 7) is 6.17. The summed E-state index contributed by atoms with van der Waals surface area (Å²) in [7, 11) is 1.73. The molecule has 0 radical (unpaired) electrons. The Hall–Kier alpha value is -2.30. The van der Waals surface area contributed by atoms with Crippen LogP contribution in [0.4, 0.5) is 0 Å². The summed E-state index contributed by atoms with van der Waals surface area (Å²) in [6, 6.07) is 7.18. The minimum atomic E-state index is -0.104. The van der Waals surface area contributed by atoms with E-state index in [1.54, 1.807) is 24.1 Å². The molecule has 5 heteroatoms. The first-order chi connectivity index (χ1) is 9.95. The van der Waals surface area contributed by atoms with Gasteiger partial charge in [0.1, 0.15) is 11.5 Å². The summed E-state index contributed by atoms with van der Waals surface area (Å²) in [6.07, 6.45) is 1.59. The maximum Gasteiger partial charge on any atom is 0.255 e. The minimum absolute atomic E-state index is 0.0592. The number of aromatic nitrogens is 1. The third-order valence-corrected chi connectivity index (χ3v) is 2.88. The molecule has 2 aromatic rings. The Kier molecular flexibility index (Phi) is 4.62. The van der Waals surface area contributed by atoms with Gasteiger partial charge in [0.25, 0.3) is 5.91 Å². The molecule has 0 aliphatic rings. The van der Waals surface area contributed by atoms with E-state index < -0.39 is 0 Å². The molecule has 0 bridgehead atoms. The normalized spacial score (nSPS) is 10.7. The average Bonchev–Trinajstić information content (AvgIpc) is 2.83. The summed E-state index contributed by atoms with van der Waals surface area (Å²) in [5, 5.41) is 0. The van der Waals surface area contributed by atoms with Gasteiger partial charge in [-0.1, -0.05) is 0 Å². The van der Waals surface area contributed by atoms with Crippen LogP contribution in [-0.2, 0) is 6.54 Å². The van der Waals surface area contributed by atoms with Gasteiger partial charge < -0.3 is 14.1 Å². The Morgan fingerprint density at radius 1 is 1.33 bits per heavy atom. The first-order valence-corrected chi connectivity index (χ1v) is 6.89. The zero-order valence-electron chi connectivity index (χ0n) is 12.8. The highest BCUT2D eigenvalue weighted by atomic mass is 16.5. The summed E-state index contributed by atoms with van der Waals surface area (Å²) in [4.78, 5) is 18.0. The summed E-state index contributed by atoms with van der Waals surface area (Å²) >= 11 is 0. The zero-order valence-corrected chi connectivity index (χ0v) is 12.8. The lowest BCUT2D eigenvalue weighted by molar-refractivity contribution is 0.0774. The van der Waals surface area contributed by atoms with Gasteiger partial charge in [-0.15, -0.1) is 0 Å². The van der Waals surface area contributed by atoms with Crippen LogP contribution in [0.25, 0.3) is 0 Å². The third kappa shape index (κ3) is 4.08. The quantitative estimate of drug-likeness (QED) is 0.848. The highest BCUT2D eigenvalue weighted by molar-refractivity contribution is 5.93. The molecule has 1 amide bonds. The van der Waals surface area contributed by atoms with Crippen molar-refractivity contribution in [2.75, 3.05) is 7.05 Å². The number of nitrogens with zero attached hydrogens (tertiary/aromatic N) is 2. The zero-order chi connectivity index (χ0) is 15.4. The molecule has 0 N–H and O–H groups in total. The van der Waals surface area contributed by atoms with Gasteiger partial charge in [0.15, 0.2) is 0 Å². The maximum atomic E-state index is 12.3. The van der Waals surface area contributed by atoms with Gasteiger partial charge in [-0.05, 0) is 39.0 Å². The monoisotopic (exact) mass is 288 g/mol. The molecule has 0 aromatic carbocycles. The van der Waals surface area contributed by atoms with E-state index in [4.69, 9.17) is 9.15 Å². The van der Waals surface area contributed by atoms with Gasteiger partial charge in [-0.25, -0.2) is 4.98 Å². The van der Waals surface area contributed by atoms with Gasteiger partial charge >= 0.3 is 0 Å². The molecule has 2 heterocycles. The highest BCUT2D eigenvalue weighted by Crippen LogP contribution is 2.13. The molecular weight excluding hydrogens is 268 g/mol. The molecule has 0 saturated carbocycles. The van der Waals surface area contributed by atoms with Crippen LogP contribution in [0.5, 0.6) is 5.88 Å². The molecule has 5 nitrogen and oxygen atoms in total. The standard InChI is InChI=1S/C16H20N2O3/c1-11(2)20-15-8-6-13(9-17-15)16(19)18(4)10-14-7-5-12(3)21-14/h5-9,11H,10H2,1-4H3. The number of rotatable bonds is 5. The average molecular weight is 288 g/mol. The lowest BCUT2D eigenvalue weighted by Crippen LogP contribution is -2.26. The molecule has 112 valence electrons. The third-order valence-electron chi connectivity index (χ3n) is 2.88. The van der Waals surface area contributed by atoms with E-state index in [0.29, 0.717) is 18.0 Å². The predicted molar refractivity (Wildman–Crippen MR) is 79.2 cm³/mol. The molecule has 21 heavy (non-hydrogen) atoms. The number of hydrogen-bond donors (Lipinski definition) is 0. The van der Waals surface area contributed by atoms with Crippen molar-refractivity contribution in [3.05, 3.63) is 47.5 Å². The second kappa shape index (κ2) is 6.43. The molecule has 0 aliphatic carbocycles. The highest BCUT2D eigenvalue weighted by Gasteiger charge is 2.14. The molecule has 0 aliphatic heterocycles. The van der Waals surface area contributed by atoms with Crippen LogP contribution >= 0.6 is 0 Å². The molecule has 0 fully saturated rings. The number of pyridine rings is 1. The second-order valence-electron chi connectivity index (χ2n) is 5.23. The van der Waals surface area contributed by atoms with E-state index in [-0.39, 0.29) is 12.0 Å². The fraction of sp³-hybridized carbons (Fsp3) is 0.375. The number of hydrogen-bond acceptors (Lipinski definition) is 4. The number of carbonyl (C=O) groups excluding carboxylic acids is 1. The van der Waals surface area contributed by atoms with Crippen molar-refractivity contribution in [3.8, 4) is 5.88 Å². The fourth-order valence-electron chi connectivity index (χ4n) is 1.91.